The summed E-state index contributed by atoms with van der Waals surface area (Å²) in [6.07, 6.45) is 3.38. The summed E-state index contributed by atoms with van der Waals surface area (Å²) in [5.74, 6) is -0.916. The van der Waals surface area contributed by atoms with Crippen molar-refractivity contribution < 1.29 is 9.90 Å². The molecule has 0 amide bonds. The first-order chi connectivity index (χ1) is 8.11. The second-order valence-electron chi connectivity index (χ2n) is 4.48. The van der Waals surface area contributed by atoms with Gasteiger partial charge in [-0.3, -0.25) is 0 Å². The van der Waals surface area contributed by atoms with Crippen LogP contribution in [0.3, 0.4) is 0 Å². The van der Waals surface area contributed by atoms with Crippen molar-refractivity contribution in [3.05, 3.63) is 28.8 Å². The van der Waals surface area contributed by atoms with E-state index in [9.17, 15) is 9.90 Å². The lowest BCUT2D eigenvalue weighted by molar-refractivity contribution is 0.0697. The molecule has 1 aliphatic heterocycles. The van der Waals surface area contributed by atoms with Crippen molar-refractivity contribution in [2.24, 2.45) is 0 Å². The van der Waals surface area contributed by atoms with Gasteiger partial charge in [0.1, 0.15) is 0 Å². The molecule has 2 rings (SSSR count). The first kappa shape index (κ1) is 12.2. The fraction of sp³-hybridized carbons (Fsp3) is 0.462. The molecule has 1 aromatic carbocycles. The maximum Gasteiger partial charge on any atom is 0.337 e. The van der Waals surface area contributed by atoms with E-state index in [0.29, 0.717) is 22.3 Å². The van der Waals surface area contributed by atoms with E-state index in [1.54, 1.807) is 18.2 Å². The van der Waals surface area contributed by atoms with Gasteiger partial charge in [-0.25, -0.2) is 4.79 Å². The molecule has 0 spiro atoms. The maximum absolute atomic E-state index is 11.2. The number of anilines is 1. The van der Waals surface area contributed by atoms with Crippen LogP contribution in [0, 0.1) is 0 Å². The lowest BCUT2D eigenvalue weighted by atomic mass is 10.0. The van der Waals surface area contributed by atoms with Crippen LogP contribution in [0.25, 0.3) is 0 Å². The predicted octanol–water partition coefficient (Wildman–Crippen LogP) is 3.42. The second-order valence-corrected chi connectivity index (χ2v) is 4.89. The van der Waals surface area contributed by atoms with Crippen LogP contribution in [0.4, 0.5) is 5.69 Å². The molecule has 0 aromatic heterocycles. The number of piperidine rings is 1. The Balaban J connectivity index is 2.45. The summed E-state index contributed by atoms with van der Waals surface area (Å²) in [6, 6.07) is 5.40. The maximum atomic E-state index is 11.2. The SMILES string of the molecule is CC1CCCCN1c1c(Cl)cccc1C(=O)O. The van der Waals surface area contributed by atoms with Crippen molar-refractivity contribution in [3.63, 3.8) is 0 Å². The van der Waals surface area contributed by atoms with E-state index in [4.69, 9.17) is 11.6 Å². The Kier molecular flexibility index (Phi) is 3.57. The van der Waals surface area contributed by atoms with Gasteiger partial charge in [0.25, 0.3) is 0 Å². The molecule has 0 aliphatic carbocycles. The van der Waals surface area contributed by atoms with Crippen LogP contribution in [0.15, 0.2) is 18.2 Å². The number of carboxylic acids is 1. The van der Waals surface area contributed by atoms with Crippen LogP contribution in [0.2, 0.25) is 5.02 Å². The standard InChI is InChI=1S/C13H16ClNO2/c1-9-5-2-3-8-15(9)12-10(13(16)17)6-4-7-11(12)14/h4,6-7,9H,2-3,5,8H2,1H3,(H,16,17). The molecule has 0 bridgehead atoms. The monoisotopic (exact) mass is 253 g/mol. The van der Waals surface area contributed by atoms with Gasteiger partial charge in [0.05, 0.1) is 16.3 Å². The number of para-hydroxylation sites is 1. The predicted molar refractivity (Wildman–Crippen MR) is 69.1 cm³/mol. The Labute approximate surface area is 106 Å². The molecule has 1 heterocycles. The fourth-order valence-electron chi connectivity index (χ4n) is 2.41. The molecule has 4 heteroatoms. The number of rotatable bonds is 2. The molecule has 1 aromatic rings. The highest BCUT2D eigenvalue weighted by molar-refractivity contribution is 6.34. The van der Waals surface area contributed by atoms with Crippen LogP contribution >= 0.6 is 11.6 Å². The van der Waals surface area contributed by atoms with Crippen molar-refractivity contribution in [1.29, 1.82) is 0 Å². The van der Waals surface area contributed by atoms with Gasteiger partial charge >= 0.3 is 5.97 Å². The Morgan fingerprint density at radius 2 is 2.24 bits per heavy atom. The van der Waals surface area contributed by atoms with Crippen molar-refractivity contribution in [2.75, 3.05) is 11.4 Å². The Bertz CT molecular complexity index is 433. The zero-order valence-electron chi connectivity index (χ0n) is 9.82. The number of carbonyl (C=O) groups is 1. The van der Waals surface area contributed by atoms with Crippen LogP contribution in [-0.2, 0) is 0 Å². The van der Waals surface area contributed by atoms with Crippen molar-refractivity contribution in [1.82, 2.24) is 0 Å². The Hall–Kier alpha value is -1.22. The molecular formula is C13H16ClNO2. The molecule has 1 atom stereocenters. The molecule has 3 nitrogen and oxygen atoms in total. The fourth-order valence-corrected chi connectivity index (χ4v) is 2.69. The van der Waals surface area contributed by atoms with Crippen LogP contribution in [0.5, 0.6) is 0 Å². The molecule has 1 fully saturated rings. The highest BCUT2D eigenvalue weighted by atomic mass is 35.5. The quantitative estimate of drug-likeness (QED) is 0.878. The average Bonchev–Trinajstić information content (AvgIpc) is 2.30. The van der Waals surface area contributed by atoms with E-state index < -0.39 is 5.97 Å². The number of nitrogens with zero attached hydrogens (tertiary/aromatic N) is 1. The molecule has 1 unspecified atom stereocenters. The van der Waals surface area contributed by atoms with Gasteiger partial charge in [-0.1, -0.05) is 17.7 Å². The minimum atomic E-state index is -0.916. The summed E-state index contributed by atoms with van der Waals surface area (Å²) in [7, 11) is 0. The molecular weight excluding hydrogens is 238 g/mol. The first-order valence-corrected chi connectivity index (χ1v) is 6.27. The van der Waals surface area contributed by atoms with Crippen LogP contribution in [-0.4, -0.2) is 23.7 Å². The lowest BCUT2D eigenvalue weighted by Gasteiger charge is -2.36. The van der Waals surface area contributed by atoms with Crippen molar-refractivity contribution >= 4 is 23.3 Å². The molecule has 0 saturated carbocycles. The second kappa shape index (κ2) is 4.96. The zero-order chi connectivity index (χ0) is 12.4. The van der Waals surface area contributed by atoms with Gasteiger partial charge < -0.3 is 10.0 Å². The van der Waals surface area contributed by atoms with Crippen molar-refractivity contribution in [2.45, 2.75) is 32.2 Å². The highest BCUT2D eigenvalue weighted by Crippen LogP contribution is 2.34. The van der Waals surface area contributed by atoms with E-state index in [2.05, 4.69) is 11.8 Å². The van der Waals surface area contributed by atoms with Gasteiger partial charge in [0, 0.05) is 12.6 Å². The van der Waals surface area contributed by atoms with Gasteiger partial charge in [-0.15, -0.1) is 0 Å². The highest BCUT2D eigenvalue weighted by Gasteiger charge is 2.25. The van der Waals surface area contributed by atoms with Gasteiger partial charge in [0.2, 0.25) is 0 Å². The number of carboxylic acid groups (broad SMARTS) is 1. The Morgan fingerprint density at radius 1 is 1.47 bits per heavy atom. The van der Waals surface area contributed by atoms with E-state index in [-0.39, 0.29) is 0 Å². The van der Waals surface area contributed by atoms with Crippen LogP contribution in [0.1, 0.15) is 36.5 Å². The zero-order valence-corrected chi connectivity index (χ0v) is 10.6. The molecule has 17 heavy (non-hydrogen) atoms. The summed E-state index contributed by atoms with van der Waals surface area (Å²) in [5.41, 5.74) is 0.972. The minimum Gasteiger partial charge on any atom is -0.478 e. The number of aromatic carboxylic acids is 1. The van der Waals surface area contributed by atoms with E-state index in [1.165, 1.54) is 6.42 Å². The Morgan fingerprint density at radius 3 is 2.88 bits per heavy atom. The molecule has 1 saturated heterocycles. The van der Waals surface area contributed by atoms with Crippen LogP contribution < -0.4 is 4.90 Å². The summed E-state index contributed by atoms with van der Waals surface area (Å²) < 4.78 is 0. The van der Waals surface area contributed by atoms with Gasteiger partial charge in [-0.2, -0.15) is 0 Å². The number of benzene rings is 1. The number of halogens is 1. The number of hydrogen-bond acceptors (Lipinski definition) is 2. The third-order valence-electron chi connectivity index (χ3n) is 3.31. The molecule has 1 aliphatic rings. The van der Waals surface area contributed by atoms with E-state index in [1.807, 2.05) is 0 Å². The number of hydrogen-bond donors (Lipinski definition) is 1. The smallest absolute Gasteiger partial charge is 0.337 e. The third kappa shape index (κ3) is 2.39. The summed E-state index contributed by atoms with van der Waals surface area (Å²) in [6.45, 7) is 3.00. The molecule has 0 radical (unpaired) electrons. The van der Waals surface area contributed by atoms with E-state index >= 15 is 0 Å². The van der Waals surface area contributed by atoms with E-state index in [0.717, 1.165) is 19.4 Å². The summed E-state index contributed by atoms with van der Waals surface area (Å²) in [5, 5.41) is 9.75. The lowest BCUT2D eigenvalue weighted by Crippen LogP contribution is -2.38. The normalized spacial score (nSPS) is 20.4. The molecule has 92 valence electrons. The summed E-state index contributed by atoms with van der Waals surface area (Å²) >= 11 is 6.17. The van der Waals surface area contributed by atoms with Gasteiger partial charge in [0.15, 0.2) is 0 Å². The first-order valence-electron chi connectivity index (χ1n) is 5.89. The van der Waals surface area contributed by atoms with Gasteiger partial charge in [-0.05, 0) is 38.3 Å². The third-order valence-corrected chi connectivity index (χ3v) is 3.61. The minimum absolute atomic E-state index is 0.297. The average molecular weight is 254 g/mol. The topological polar surface area (TPSA) is 40.5 Å². The molecule has 1 N–H and O–H groups in total. The summed E-state index contributed by atoms with van der Waals surface area (Å²) in [4.78, 5) is 13.4. The largest absolute Gasteiger partial charge is 0.478 e. The van der Waals surface area contributed by atoms with Crippen molar-refractivity contribution in [3.8, 4) is 0 Å².